The molecule has 2 N–H and O–H groups in total. The van der Waals surface area contributed by atoms with Crippen LogP contribution in [0.25, 0.3) is 0 Å². The molecule has 2 heteroatoms. The van der Waals surface area contributed by atoms with Crippen LogP contribution in [0.2, 0.25) is 0 Å². The number of Topliss-reactive ketones (excluding diaryl/α,β-unsaturated/α-hetero) is 1. The first-order valence-electron chi connectivity index (χ1n) is 6.72. The third-order valence-electron chi connectivity index (χ3n) is 4.27. The molecule has 0 atom stereocenters. The van der Waals surface area contributed by atoms with Gasteiger partial charge >= 0.3 is 0 Å². The lowest BCUT2D eigenvalue weighted by Gasteiger charge is -2.36. The van der Waals surface area contributed by atoms with Gasteiger partial charge < -0.3 is 5.73 Å². The van der Waals surface area contributed by atoms with Crippen LogP contribution in [0.4, 0.5) is 0 Å². The van der Waals surface area contributed by atoms with Crippen LogP contribution < -0.4 is 5.73 Å². The van der Waals surface area contributed by atoms with Crippen molar-refractivity contribution >= 4 is 5.78 Å². The van der Waals surface area contributed by atoms with E-state index < -0.39 is 0 Å². The van der Waals surface area contributed by atoms with E-state index in [2.05, 4.69) is 6.08 Å². The Labute approximate surface area is 98.3 Å². The average Bonchev–Trinajstić information content (AvgIpc) is 2.39. The highest BCUT2D eigenvalue weighted by atomic mass is 16.1. The molecule has 0 heterocycles. The monoisotopic (exact) mass is 221 g/mol. The second kappa shape index (κ2) is 5.13. The fourth-order valence-corrected chi connectivity index (χ4v) is 3.14. The second-order valence-electron chi connectivity index (χ2n) is 5.35. The lowest BCUT2D eigenvalue weighted by molar-refractivity contribution is -0.126. The van der Waals surface area contributed by atoms with Crippen molar-refractivity contribution in [2.45, 2.75) is 57.8 Å². The zero-order valence-corrected chi connectivity index (χ0v) is 10.1. The fourth-order valence-electron chi connectivity index (χ4n) is 3.14. The van der Waals surface area contributed by atoms with Crippen molar-refractivity contribution in [1.29, 1.82) is 0 Å². The lowest BCUT2D eigenvalue weighted by Crippen LogP contribution is -2.41. The Morgan fingerprint density at radius 2 is 1.94 bits per heavy atom. The molecule has 1 saturated carbocycles. The highest BCUT2D eigenvalue weighted by molar-refractivity contribution is 6.00. The van der Waals surface area contributed by atoms with E-state index in [0.29, 0.717) is 12.3 Å². The maximum Gasteiger partial charge on any atom is 0.165 e. The molecule has 0 aliphatic heterocycles. The van der Waals surface area contributed by atoms with Gasteiger partial charge in [0.05, 0.1) is 0 Å². The Morgan fingerprint density at radius 3 is 2.50 bits per heavy atom. The van der Waals surface area contributed by atoms with Crippen LogP contribution in [-0.4, -0.2) is 12.3 Å². The van der Waals surface area contributed by atoms with Crippen molar-refractivity contribution in [3.8, 4) is 0 Å². The maximum atomic E-state index is 12.6. The van der Waals surface area contributed by atoms with E-state index in [1.807, 2.05) is 0 Å². The first-order valence-corrected chi connectivity index (χ1v) is 6.72. The molecule has 0 aromatic heterocycles. The summed E-state index contributed by atoms with van der Waals surface area (Å²) >= 11 is 0. The largest absolute Gasteiger partial charge is 0.329 e. The van der Waals surface area contributed by atoms with Gasteiger partial charge in [-0.05, 0) is 44.1 Å². The molecule has 0 radical (unpaired) electrons. The van der Waals surface area contributed by atoms with Gasteiger partial charge in [-0.1, -0.05) is 25.3 Å². The highest BCUT2D eigenvalue weighted by Crippen LogP contribution is 2.39. The van der Waals surface area contributed by atoms with Gasteiger partial charge in [-0.3, -0.25) is 4.79 Å². The normalized spacial score (nSPS) is 24.9. The predicted octanol–water partition coefficient (Wildman–Crippen LogP) is 2.97. The zero-order chi connectivity index (χ0) is 11.4. The summed E-state index contributed by atoms with van der Waals surface area (Å²) < 4.78 is 0. The molecule has 0 aromatic carbocycles. The first-order chi connectivity index (χ1) is 7.78. The average molecular weight is 221 g/mol. The van der Waals surface area contributed by atoms with Crippen molar-refractivity contribution in [1.82, 2.24) is 0 Å². The van der Waals surface area contributed by atoms with E-state index in [0.717, 1.165) is 31.3 Å². The number of rotatable bonds is 3. The van der Waals surface area contributed by atoms with Gasteiger partial charge in [0, 0.05) is 12.0 Å². The molecule has 0 aromatic rings. The van der Waals surface area contributed by atoms with Crippen molar-refractivity contribution < 1.29 is 4.79 Å². The van der Waals surface area contributed by atoms with Crippen molar-refractivity contribution in [2.75, 3.05) is 6.54 Å². The van der Waals surface area contributed by atoms with Gasteiger partial charge in [0.2, 0.25) is 0 Å². The molecule has 0 spiro atoms. The van der Waals surface area contributed by atoms with E-state index in [1.54, 1.807) is 0 Å². The number of carbonyl (C=O) groups is 1. The minimum absolute atomic E-state index is 0.193. The van der Waals surface area contributed by atoms with Crippen LogP contribution in [0.1, 0.15) is 57.8 Å². The quantitative estimate of drug-likeness (QED) is 0.796. The number of ketones is 1. The Kier molecular flexibility index (Phi) is 3.80. The Morgan fingerprint density at radius 1 is 1.19 bits per heavy atom. The molecule has 2 rings (SSSR count). The van der Waals surface area contributed by atoms with Crippen LogP contribution in [0.3, 0.4) is 0 Å². The van der Waals surface area contributed by atoms with E-state index in [1.165, 1.54) is 32.1 Å². The van der Waals surface area contributed by atoms with Crippen LogP contribution in [0.5, 0.6) is 0 Å². The summed E-state index contributed by atoms with van der Waals surface area (Å²) in [6, 6.07) is 0. The number of allylic oxidation sites excluding steroid dienone is 2. The van der Waals surface area contributed by atoms with Crippen molar-refractivity contribution in [2.24, 2.45) is 11.1 Å². The summed E-state index contributed by atoms with van der Waals surface area (Å²) in [4.78, 5) is 12.6. The van der Waals surface area contributed by atoms with E-state index in [9.17, 15) is 4.79 Å². The Bertz CT molecular complexity index is 287. The third kappa shape index (κ3) is 2.22. The molecular weight excluding hydrogens is 198 g/mol. The molecule has 0 saturated heterocycles. The highest BCUT2D eigenvalue weighted by Gasteiger charge is 2.39. The first kappa shape index (κ1) is 11.8. The number of carbonyl (C=O) groups excluding carboxylic acids is 1. The molecule has 2 aliphatic carbocycles. The van der Waals surface area contributed by atoms with Crippen molar-refractivity contribution in [3.05, 3.63) is 11.6 Å². The Balaban J connectivity index is 2.13. The molecular formula is C14H23NO. The SMILES string of the molecule is NCC1(C(=O)C2=CCCCC2)CCCCC1. The molecule has 90 valence electrons. The van der Waals surface area contributed by atoms with Gasteiger partial charge in [-0.2, -0.15) is 0 Å². The zero-order valence-electron chi connectivity index (χ0n) is 10.1. The fraction of sp³-hybridized carbons (Fsp3) is 0.786. The van der Waals surface area contributed by atoms with Crippen LogP contribution in [0.15, 0.2) is 11.6 Å². The minimum Gasteiger partial charge on any atom is -0.329 e. The van der Waals surface area contributed by atoms with Crippen molar-refractivity contribution in [3.63, 3.8) is 0 Å². The number of nitrogens with two attached hydrogens (primary N) is 1. The standard InChI is InChI=1S/C14H23NO/c15-11-14(9-5-2-6-10-14)13(16)12-7-3-1-4-8-12/h7H,1-6,8-11,15H2. The van der Waals surface area contributed by atoms with E-state index in [-0.39, 0.29) is 5.41 Å². The third-order valence-corrected chi connectivity index (χ3v) is 4.27. The van der Waals surface area contributed by atoms with E-state index >= 15 is 0 Å². The maximum absolute atomic E-state index is 12.6. The van der Waals surface area contributed by atoms with Crippen LogP contribution in [0, 0.1) is 5.41 Å². The molecule has 0 unspecified atom stereocenters. The number of hydrogen-bond donors (Lipinski definition) is 1. The molecule has 1 fully saturated rings. The summed E-state index contributed by atoms with van der Waals surface area (Å²) in [7, 11) is 0. The van der Waals surface area contributed by atoms with Crippen LogP contribution in [-0.2, 0) is 4.79 Å². The van der Waals surface area contributed by atoms with Gasteiger partial charge in [0.15, 0.2) is 5.78 Å². The van der Waals surface area contributed by atoms with E-state index in [4.69, 9.17) is 5.73 Å². The molecule has 2 aliphatic rings. The molecule has 16 heavy (non-hydrogen) atoms. The van der Waals surface area contributed by atoms with Gasteiger partial charge in [-0.25, -0.2) is 0 Å². The minimum atomic E-state index is -0.193. The van der Waals surface area contributed by atoms with Gasteiger partial charge in [-0.15, -0.1) is 0 Å². The number of hydrogen-bond acceptors (Lipinski definition) is 2. The molecule has 0 bridgehead atoms. The topological polar surface area (TPSA) is 43.1 Å². The predicted molar refractivity (Wildman–Crippen MR) is 66.1 cm³/mol. The Hall–Kier alpha value is -0.630. The smallest absolute Gasteiger partial charge is 0.165 e. The summed E-state index contributed by atoms with van der Waals surface area (Å²) in [5.74, 6) is 0.384. The summed E-state index contributed by atoms with van der Waals surface area (Å²) in [5.41, 5.74) is 6.79. The summed E-state index contributed by atoms with van der Waals surface area (Å²) in [6.07, 6.45) is 12.3. The van der Waals surface area contributed by atoms with Gasteiger partial charge in [0.1, 0.15) is 0 Å². The second-order valence-corrected chi connectivity index (χ2v) is 5.35. The lowest BCUT2D eigenvalue weighted by atomic mass is 9.68. The van der Waals surface area contributed by atoms with Gasteiger partial charge in [0.25, 0.3) is 0 Å². The summed E-state index contributed by atoms with van der Waals surface area (Å²) in [6.45, 7) is 0.545. The molecule has 2 nitrogen and oxygen atoms in total. The summed E-state index contributed by atoms with van der Waals surface area (Å²) in [5, 5.41) is 0. The molecule has 0 amide bonds. The van der Waals surface area contributed by atoms with Crippen LogP contribution >= 0.6 is 0 Å².